The summed E-state index contributed by atoms with van der Waals surface area (Å²) in [5, 5.41) is 9.65. The summed E-state index contributed by atoms with van der Waals surface area (Å²) < 4.78 is 4.60. The maximum Gasteiger partial charge on any atom is 0.305 e. The second kappa shape index (κ2) is 16.1. The van der Waals surface area contributed by atoms with Crippen molar-refractivity contribution in [2.45, 2.75) is 83.7 Å². The maximum absolute atomic E-state index is 10.9. The Hall–Kier alpha value is -1.27. The Bertz CT molecular complexity index is 349. The van der Waals surface area contributed by atoms with Gasteiger partial charge >= 0.3 is 5.97 Å². The van der Waals surface area contributed by atoms with Crippen molar-refractivity contribution >= 4 is 5.97 Å². The van der Waals surface area contributed by atoms with Crippen LogP contribution < -0.4 is 0 Å². The molecule has 0 aliphatic heterocycles. The maximum atomic E-state index is 10.9. The highest BCUT2D eigenvalue weighted by Gasteiger charge is 1.98. The van der Waals surface area contributed by atoms with Gasteiger partial charge in [0.25, 0.3) is 0 Å². The molecule has 3 nitrogen and oxygen atoms in total. The molecule has 0 rings (SSSR count). The van der Waals surface area contributed by atoms with Crippen LogP contribution in [-0.2, 0) is 9.53 Å². The molecule has 1 atom stereocenters. The monoisotopic (exact) mass is 308 g/mol. The number of carbonyl (C=O) groups excluding carboxylic acids is 1. The first kappa shape index (κ1) is 20.7. The zero-order valence-corrected chi connectivity index (χ0v) is 14.3. The molecule has 0 aliphatic carbocycles. The molecule has 0 fully saturated rings. The molecule has 0 radical (unpaired) electrons. The first-order valence-electron chi connectivity index (χ1n) is 8.60. The highest BCUT2D eigenvalue weighted by molar-refractivity contribution is 5.68. The van der Waals surface area contributed by atoms with Crippen molar-refractivity contribution in [2.75, 3.05) is 7.11 Å². The predicted octanol–water partition coefficient (Wildman–Crippen LogP) is 4.39. The average Bonchev–Trinajstić information content (AvgIpc) is 2.52. The number of carbonyl (C=O) groups is 1. The molecule has 0 saturated heterocycles. The third-order valence-electron chi connectivity index (χ3n) is 3.45. The van der Waals surface area contributed by atoms with Crippen LogP contribution in [0.15, 0.2) is 12.2 Å². The summed E-state index contributed by atoms with van der Waals surface area (Å²) in [6.07, 6.45) is 14.5. The van der Waals surface area contributed by atoms with Gasteiger partial charge in [-0.1, -0.05) is 51.0 Å². The number of aliphatic hydroxyl groups excluding tert-OH is 1. The Morgan fingerprint density at radius 2 is 1.86 bits per heavy atom. The smallest absolute Gasteiger partial charge is 0.305 e. The molecule has 1 N–H and O–H groups in total. The Balaban J connectivity index is 3.44. The molecule has 22 heavy (non-hydrogen) atoms. The number of rotatable bonds is 12. The third-order valence-corrected chi connectivity index (χ3v) is 3.45. The molecule has 0 amide bonds. The zero-order valence-electron chi connectivity index (χ0n) is 14.3. The molecule has 0 aromatic carbocycles. The van der Waals surface area contributed by atoms with Crippen LogP contribution in [0.1, 0.15) is 77.6 Å². The number of methoxy groups -OCH3 is 1. The number of hydrogen-bond acceptors (Lipinski definition) is 3. The largest absolute Gasteiger partial charge is 0.469 e. The molecule has 3 heteroatoms. The number of hydrogen-bond donors (Lipinski definition) is 1. The number of esters is 1. The second-order valence-corrected chi connectivity index (χ2v) is 5.53. The van der Waals surface area contributed by atoms with E-state index in [-0.39, 0.29) is 5.97 Å². The predicted molar refractivity (Wildman–Crippen MR) is 91.4 cm³/mol. The van der Waals surface area contributed by atoms with E-state index in [2.05, 4.69) is 23.5 Å². The van der Waals surface area contributed by atoms with Gasteiger partial charge in [0.15, 0.2) is 0 Å². The van der Waals surface area contributed by atoms with Gasteiger partial charge in [-0.05, 0) is 31.8 Å². The molecular weight excluding hydrogens is 276 g/mol. The minimum atomic E-state index is -0.623. The molecule has 0 aromatic rings. The lowest BCUT2D eigenvalue weighted by Gasteiger charge is -2.00. The molecule has 0 heterocycles. The first-order valence-corrected chi connectivity index (χ1v) is 8.60. The van der Waals surface area contributed by atoms with Crippen molar-refractivity contribution in [3.8, 4) is 11.8 Å². The van der Waals surface area contributed by atoms with Crippen molar-refractivity contribution in [1.82, 2.24) is 0 Å². The van der Waals surface area contributed by atoms with Gasteiger partial charge in [-0.25, -0.2) is 0 Å². The Labute approximate surface area is 136 Å². The summed E-state index contributed by atoms with van der Waals surface area (Å²) in [5.74, 6) is 5.75. The van der Waals surface area contributed by atoms with Crippen LogP contribution >= 0.6 is 0 Å². The van der Waals surface area contributed by atoms with E-state index in [0.29, 0.717) is 6.42 Å². The van der Waals surface area contributed by atoms with E-state index in [1.165, 1.54) is 20.0 Å². The SMILES string of the molecule is CCCCCC#CC(O)/C=C/CCCCCCCC(=O)OC. The fourth-order valence-electron chi connectivity index (χ4n) is 2.08. The van der Waals surface area contributed by atoms with Crippen LogP contribution in [0.25, 0.3) is 0 Å². The van der Waals surface area contributed by atoms with Gasteiger partial charge in [0.2, 0.25) is 0 Å². The van der Waals surface area contributed by atoms with Gasteiger partial charge in [-0.15, -0.1) is 5.92 Å². The van der Waals surface area contributed by atoms with E-state index in [1.54, 1.807) is 6.08 Å². The van der Waals surface area contributed by atoms with Crippen LogP contribution in [-0.4, -0.2) is 24.3 Å². The minimum absolute atomic E-state index is 0.118. The lowest BCUT2D eigenvalue weighted by Crippen LogP contribution is -1.99. The second-order valence-electron chi connectivity index (χ2n) is 5.53. The fraction of sp³-hybridized carbons (Fsp3) is 0.737. The Kier molecular flexibility index (Phi) is 15.2. The molecule has 126 valence electrons. The van der Waals surface area contributed by atoms with E-state index in [9.17, 15) is 9.90 Å². The van der Waals surface area contributed by atoms with Gasteiger partial charge < -0.3 is 9.84 Å². The van der Waals surface area contributed by atoms with E-state index in [0.717, 1.165) is 51.4 Å². The van der Waals surface area contributed by atoms with Crippen molar-refractivity contribution in [1.29, 1.82) is 0 Å². The Morgan fingerprint density at radius 1 is 1.14 bits per heavy atom. The van der Waals surface area contributed by atoms with Crippen molar-refractivity contribution in [3.63, 3.8) is 0 Å². The van der Waals surface area contributed by atoms with E-state index >= 15 is 0 Å². The number of allylic oxidation sites excluding steroid dienone is 1. The fourth-order valence-corrected chi connectivity index (χ4v) is 2.08. The standard InChI is InChI=1S/C19H32O3/c1-3-4-5-9-12-15-18(20)16-13-10-7-6-8-11-14-17-19(21)22-2/h13,16,18,20H,3-11,14,17H2,1-2H3/b16-13+. The van der Waals surface area contributed by atoms with Crippen LogP contribution in [0.4, 0.5) is 0 Å². The van der Waals surface area contributed by atoms with Crippen LogP contribution in [0.3, 0.4) is 0 Å². The van der Waals surface area contributed by atoms with E-state index < -0.39 is 6.10 Å². The molecule has 0 aromatic heterocycles. The molecule has 0 bridgehead atoms. The minimum Gasteiger partial charge on any atom is -0.469 e. The third kappa shape index (κ3) is 15.1. The zero-order chi connectivity index (χ0) is 16.5. The van der Waals surface area contributed by atoms with E-state index in [4.69, 9.17) is 0 Å². The van der Waals surface area contributed by atoms with E-state index in [1.807, 2.05) is 6.08 Å². The van der Waals surface area contributed by atoms with Crippen molar-refractivity contribution in [3.05, 3.63) is 12.2 Å². The van der Waals surface area contributed by atoms with Gasteiger partial charge in [-0.2, -0.15) is 0 Å². The lowest BCUT2D eigenvalue weighted by atomic mass is 10.1. The lowest BCUT2D eigenvalue weighted by molar-refractivity contribution is -0.140. The summed E-state index contributed by atoms with van der Waals surface area (Å²) >= 11 is 0. The summed E-state index contributed by atoms with van der Waals surface area (Å²) in [5.41, 5.74) is 0. The summed E-state index contributed by atoms with van der Waals surface area (Å²) in [4.78, 5) is 10.9. The van der Waals surface area contributed by atoms with Crippen LogP contribution in [0, 0.1) is 11.8 Å². The quantitative estimate of drug-likeness (QED) is 0.252. The van der Waals surface area contributed by atoms with Crippen LogP contribution in [0.2, 0.25) is 0 Å². The number of unbranched alkanes of at least 4 members (excludes halogenated alkanes) is 8. The summed E-state index contributed by atoms with van der Waals surface area (Å²) in [7, 11) is 1.43. The molecular formula is C19H32O3. The molecule has 0 spiro atoms. The normalized spacial score (nSPS) is 12.0. The molecule has 0 saturated carbocycles. The van der Waals surface area contributed by atoms with Gasteiger partial charge in [0, 0.05) is 12.8 Å². The summed E-state index contributed by atoms with van der Waals surface area (Å²) in [6.45, 7) is 2.17. The van der Waals surface area contributed by atoms with Gasteiger partial charge in [0.05, 0.1) is 7.11 Å². The first-order chi connectivity index (χ1) is 10.7. The number of aliphatic hydroxyl groups is 1. The van der Waals surface area contributed by atoms with Gasteiger partial charge in [-0.3, -0.25) is 4.79 Å². The highest BCUT2D eigenvalue weighted by Crippen LogP contribution is 2.08. The van der Waals surface area contributed by atoms with Crippen LogP contribution in [0.5, 0.6) is 0 Å². The van der Waals surface area contributed by atoms with Gasteiger partial charge in [0.1, 0.15) is 6.10 Å². The topological polar surface area (TPSA) is 46.5 Å². The summed E-state index contributed by atoms with van der Waals surface area (Å²) in [6, 6.07) is 0. The molecule has 1 unspecified atom stereocenters. The molecule has 0 aliphatic rings. The highest BCUT2D eigenvalue weighted by atomic mass is 16.5. The van der Waals surface area contributed by atoms with Crippen molar-refractivity contribution < 1.29 is 14.6 Å². The Morgan fingerprint density at radius 3 is 2.59 bits per heavy atom. The average molecular weight is 308 g/mol. The number of ether oxygens (including phenoxy) is 1. The van der Waals surface area contributed by atoms with Crippen molar-refractivity contribution in [2.24, 2.45) is 0 Å².